The lowest BCUT2D eigenvalue weighted by molar-refractivity contribution is -0.116. The summed E-state index contributed by atoms with van der Waals surface area (Å²) in [6, 6.07) is 14.0. The molecule has 2 N–H and O–H groups in total. The highest BCUT2D eigenvalue weighted by molar-refractivity contribution is 9.10. The Hall–Kier alpha value is -1.70. The van der Waals surface area contributed by atoms with Crippen LogP contribution in [0, 0.1) is 0 Å². The molecule has 2 aromatic carbocycles. The molecule has 0 radical (unpaired) electrons. The molecular weight excluding hydrogens is 416 g/mol. The van der Waals surface area contributed by atoms with Crippen LogP contribution in [0.25, 0.3) is 0 Å². The van der Waals surface area contributed by atoms with Crippen LogP contribution >= 0.6 is 15.9 Å². The zero-order chi connectivity index (χ0) is 19.4. The Morgan fingerprint density at radius 1 is 1.08 bits per heavy atom. The van der Waals surface area contributed by atoms with Gasteiger partial charge in [0.15, 0.2) is 0 Å². The third-order valence-corrected chi connectivity index (χ3v) is 5.65. The molecule has 0 aliphatic rings. The van der Waals surface area contributed by atoms with Gasteiger partial charge in [-0.2, -0.15) is 0 Å². The topological polar surface area (TPSA) is 75.3 Å². The van der Waals surface area contributed by atoms with E-state index in [2.05, 4.69) is 26.0 Å². The van der Waals surface area contributed by atoms with Gasteiger partial charge in [0.1, 0.15) is 0 Å². The molecule has 140 valence electrons. The zero-order valence-corrected chi connectivity index (χ0v) is 17.4. The van der Waals surface area contributed by atoms with Crippen LogP contribution in [0.15, 0.2) is 57.9 Å². The number of amides is 1. The van der Waals surface area contributed by atoms with Gasteiger partial charge in [-0.15, -0.1) is 0 Å². The van der Waals surface area contributed by atoms with Gasteiger partial charge in [-0.05, 0) is 63.1 Å². The molecule has 0 aliphatic heterocycles. The van der Waals surface area contributed by atoms with Crippen LogP contribution in [0.1, 0.15) is 32.8 Å². The fraction of sp³-hybridized carbons (Fsp3) is 0.316. The number of benzene rings is 2. The molecular formula is C19H23BrN2O3S. The molecule has 2 rings (SSSR count). The molecule has 26 heavy (non-hydrogen) atoms. The summed E-state index contributed by atoms with van der Waals surface area (Å²) in [4.78, 5) is 12.3. The molecule has 0 bridgehead atoms. The number of hydrogen-bond donors (Lipinski definition) is 2. The average molecular weight is 439 g/mol. The van der Waals surface area contributed by atoms with Crippen molar-refractivity contribution in [2.45, 2.75) is 44.0 Å². The Kier molecular flexibility index (Phi) is 6.60. The van der Waals surface area contributed by atoms with Crippen molar-refractivity contribution in [2.24, 2.45) is 0 Å². The standard InChI is InChI=1S/C19H23BrN2O3S/c1-19(2,3)22-26(24,25)17-9-5-8-16(13-17)21-18(23)11-10-14-6-4-7-15(20)12-14/h4-9,12-13,22H,10-11H2,1-3H3,(H,21,23). The lowest BCUT2D eigenvalue weighted by Crippen LogP contribution is -2.40. The fourth-order valence-electron chi connectivity index (χ4n) is 2.38. The number of halogens is 1. The Bertz CT molecular complexity index is 890. The molecule has 0 saturated carbocycles. The molecule has 2 aromatic rings. The maximum absolute atomic E-state index is 12.4. The first-order chi connectivity index (χ1) is 12.0. The predicted octanol–water partition coefficient (Wildman–Crippen LogP) is 4.10. The van der Waals surface area contributed by atoms with Crippen LogP contribution in [-0.2, 0) is 21.2 Å². The van der Waals surface area contributed by atoms with Crippen molar-refractivity contribution >= 4 is 37.5 Å². The molecule has 0 aromatic heterocycles. The average Bonchev–Trinajstić information content (AvgIpc) is 2.51. The summed E-state index contributed by atoms with van der Waals surface area (Å²) in [5.41, 5.74) is 0.934. The quantitative estimate of drug-likeness (QED) is 0.712. The van der Waals surface area contributed by atoms with E-state index in [1.54, 1.807) is 32.9 Å². The van der Waals surface area contributed by atoms with Crippen molar-refractivity contribution in [1.82, 2.24) is 4.72 Å². The third-order valence-electron chi connectivity index (χ3n) is 3.40. The van der Waals surface area contributed by atoms with Gasteiger partial charge in [-0.25, -0.2) is 13.1 Å². The number of carbonyl (C=O) groups excluding carboxylic acids is 1. The van der Waals surface area contributed by atoms with Gasteiger partial charge < -0.3 is 5.32 Å². The molecule has 0 spiro atoms. The van der Waals surface area contributed by atoms with Crippen LogP contribution < -0.4 is 10.0 Å². The predicted molar refractivity (Wildman–Crippen MR) is 108 cm³/mol. The van der Waals surface area contributed by atoms with Crippen molar-refractivity contribution < 1.29 is 13.2 Å². The molecule has 0 fully saturated rings. The van der Waals surface area contributed by atoms with Gasteiger partial charge in [0.25, 0.3) is 0 Å². The highest BCUT2D eigenvalue weighted by atomic mass is 79.9. The van der Waals surface area contributed by atoms with E-state index < -0.39 is 15.6 Å². The molecule has 5 nitrogen and oxygen atoms in total. The van der Waals surface area contributed by atoms with Crippen molar-refractivity contribution in [3.63, 3.8) is 0 Å². The van der Waals surface area contributed by atoms with E-state index >= 15 is 0 Å². The van der Waals surface area contributed by atoms with Crippen molar-refractivity contribution in [1.29, 1.82) is 0 Å². The first kappa shape index (κ1) is 20.6. The maximum atomic E-state index is 12.4. The monoisotopic (exact) mass is 438 g/mol. The summed E-state index contributed by atoms with van der Waals surface area (Å²) < 4.78 is 28.4. The van der Waals surface area contributed by atoms with Gasteiger partial charge in [-0.1, -0.05) is 34.1 Å². The Balaban J connectivity index is 2.02. The van der Waals surface area contributed by atoms with Crippen LogP contribution in [0.3, 0.4) is 0 Å². The van der Waals surface area contributed by atoms with Gasteiger partial charge in [0.2, 0.25) is 15.9 Å². The van der Waals surface area contributed by atoms with E-state index in [-0.39, 0.29) is 10.8 Å². The molecule has 0 atom stereocenters. The number of anilines is 1. The van der Waals surface area contributed by atoms with Crippen LogP contribution in [0.5, 0.6) is 0 Å². The van der Waals surface area contributed by atoms with E-state index in [0.717, 1.165) is 10.0 Å². The summed E-state index contributed by atoms with van der Waals surface area (Å²) in [6.07, 6.45) is 0.919. The zero-order valence-electron chi connectivity index (χ0n) is 15.0. The molecule has 0 heterocycles. The number of carbonyl (C=O) groups is 1. The van der Waals surface area contributed by atoms with Gasteiger partial charge in [-0.3, -0.25) is 4.79 Å². The normalized spacial score (nSPS) is 12.0. The Morgan fingerprint density at radius 2 is 1.77 bits per heavy atom. The summed E-state index contributed by atoms with van der Waals surface area (Å²) in [5.74, 6) is -0.164. The van der Waals surface area contributed by atoms with Crippen LogP contribution in [0.2, 0.25) is 0 Å². The second kappa shape index (κ2) is 8.33. The number of hydrogen-bond acceptors (Lipinski definition) is 3. The summed E-state index contributed by atoms with van der Waals surface area (Å²) >= 11 is 3.41. The number of rotatable bonds is 6. The van der Waals surface area contributed by atoms with Crippen LogP contribution in [-0.4, -0.2) is 19.9 Å². The number of nitrogens with one attached hydrogen (secondary N) is 2. The van der Waals surface area contributed by atoms with E-state index in [1.165, 1.54) is 12.1 Å². The molecule has 0 aliphatic carbocycles. The van der Waals surface area contributed by atoms with Crippen molar-refractivity contribution in [3.8, 4) is 0 Å². The highest BCUT2D eigenvalue weighted by Gasteiger charge is 2.22. The van der Waals surface area contributed by atoms with Gasteiger partial charge >= 0.3 is 0 Å². The summed E-state index contributed by atoms with van der Waals surface area (Å²) in [5, 5.41) is 2.76. The minimum absolute atomic E-state index is 0.122. The Morgan fingerprint density at radius 3 is 2.42 bits per heavy atom. The lowest BCUT2D eigenvalue weighted by atomic mass is 10.1. The van der Waals surface area contributed by atoms with Gasteiger partial charge in [0, 0.05) is 22.1 Å². The largest absolute Gasteiger partial charge is 0.326 e. The van der Waals surface area contributed by atoms with E-state index in [1.807, 2.05) is 24.3 Å². The SMILES string of the molecule is CC(C)(C)NS(=O)(=O)c1cccc(NC(=O)CCc2cccc(Br)c2)c1. The minimum Gasteiger partial charge on any atom is -0.326 e. The molecule has 0 unspecified atom stereocenters. The summed E-state index contributed by atoms with van der Waals surface area (Å²) in [7, 11) is -3.64. The molecule has 7 heteroatoms. The van der Waals surface area contributed by atoms with Crippen molar-refractivity contribution in [3.05, 3.63) is 58.6 Å². The first-order valence-corrected chi connectivity index (χ1v) is 10.5. The molecule has 0 saturated heterocycles. The van der Waals surface area contributed by atoms with E-state index in [0.29, 0.717) is 18.5 Å². The maximum Gasteiger partial charge on any atom is 0.241 e. The van der Waals surface area contributed by atoms with Crippen molar-refractivity contribution in [2.75, 3.05) is 5.32 Å². The van der Waals surface area contributed by atoms with E-state index in [9.17, 15) is 13.2 Å². The first-order valence-electron chi connectivity index (χ1n) is 8.23. The van der Waals surface area contributed by atoms with E-state index in [4.69, 9.17) is 0 Å². The fourth-order valence-corrected chi connectivity index (χ4v) is 4.29. The lowest BCUT2D eigenvalue weighted by Gasteiger charge is -2.20. The number of aryl methyl sites for hydroxylation is 1. The smallest absolute Gasteiger partial charge is 0.241 e. The van der Waals surface area contributed by atoms with Gasteiger partial charge in [0.05, 0.1) is 4.90 Å². The molecule has 1 amide bonds. The third kappa shape index (κ3) is 6.55. The second-order valence-electron chi connectivity index (χ2n) is 7.06. The highest BCUT2D eigenvalue weighted by Crippen LogP contribution is 2.18. The second-order valence-corrected chi connectivity index (χ2v) is 9.66. The Labute approximate surface area is 163 Å². The minimum atomic E-state index is -3.64. The van der Waals surface area contributed by atoms with Crippen LogP contribution in [0.4, 0.5) is 5.69 Å². The number of sulfonamides is 1. The summed E-state index contributed by atoms with van der Waals surface area (Å²) in [6.45, 7) is 5.33.